The molecule has 2 bridgehead atoms. The van der Waals surface area contributed by atoms with Crippen LogP contribution in [0, 0.1) is 5.41 Å². The van der Waals surface area contributed by atoms with E-state index >= 15 is 0 Å². The molecule has 2 aromatic heterocycles. The summed E-state index contributed by atoms with van der Waals surface area (Å²) in [6, 6.07) is 9.01. The fraction of sp³-hybridized carbons (Fsp3) is 0.481. The molecule has 3 aromatic rings. The van der Waals surface area contributed by atoms with E-state index in [1.54, 1.807) is 10.9 Å². The van der Waals surface area contributed by atoms with Crippen molar-refractivity contribution in [1.82, 2.24) is 40.1 Å². The Kier molecular flexibility index (Phi) is 8.30. The monoisotopic (exact) mass is 550 g/mol. The molecular formula is C27H34N8O3S. The van der Waals surface area contributed by atoms with Crippen LogP contribution in [-0.4, -0.2) is 78.6 Å². The fourth-order valence-electron chi connectivity index (χ4n) is 5.20. The number of hydrogen-bond acceptors (Lipinski definition) is 7. The molecule has 11 nitrogen and oxygen atoms in total. The van der Waals surface area contributed by atoms with E-state index in [1.165, 1.54) is 11.8 Å². The highest BCUT2D eigenvalue weighted by Gasteiger charge is 2.44. The molecule has 2 N–H and O–H groups in total. The van der Waals surface area contributed by atoms with E-state index in [2.05, 4.69) is 25.9 Å². The average molecular weight is 551 g/mol. The van der Waals surface area contributed by atoms with Crippen LogP contribution in [0.1, 0.15) is 30.5 Å². The Morgan fingerprint density at radius 3 is 2.69 bits per heavy atom. The van der Waals surface area contributed by atoms with Crippen LogP contribution in [0.3, 0.4) is 0 Å². The Hall–Kier alpha value is -3.67. The minimum atomic E-state index is -0.798. The maximum Gasteiger partial charge on any atom is 0.242 e. The fourth-order valence-corrected chi connectivity index (χ4v) is 6.03. The van der Waals surface area contributed by atoms with Crippen LogP contribution >= 0.6 is 11.8 Å². The standard InChI is InChI=1S/C27H34N8O3S/c1-33-15-11-29-26(33)39-19-23(36)34-13-8-27(9-14-34)17-21-18-35(32-31-21)12-5-10-28-24(37)22(30-25(27)38)16-20-6-3-2-4-7-20/h2-4,6-7,11,15,18,22H,5,8-10,12-14,16-17,19H2,1H3,(H,28,37)(H,30,38)/t22-/m0/s1. The number of amides is 3. The maximum absolute atomic E-state index is 14.0. The molecule has 1 atom stereocenters. The first kappa shape index (κ1) is 26.9. The summed E-state index contributed by atoms with van der Waals surface area (Å²) in [5.41, 5.74) is 0.922. The van der Waals surface area contributed by atoms with E-state index in [4.69, 9.17) is 0 Å². The van der Waals surface area contributed by atoms with E-state index in [0.29, 0.717) is 58.3 Å². The summed E-state index contributed by atoms with van der Waals surface area (Å²) < 4.78 is 3.65. The van der Waals surface area contributed by atoms with E-state index in [1.807, 2.05) is 59.2 Å². The van der Waals surface area contributed by atoms with Crippen molar-refractivity contribution in [3.63, 3.8) is 0 Å². The third kappa shape index (κ3) is 6.49. The molecule has 1 saturated heterocycles. The number of thioether (sulfide) groups is 1. The Bertz CT molecular complexity index is 1300. The maximum atomic E-state index is 14.0. The zero-order chi connectivity index (χ0) is 27.2. The summed E-state index contributed by atoms with van der Waals surface area (Å²) in [5, 5.41) is 15.4. The number of carbonyl (C=O) groups is 3. The Labute approximate surface area is 231 Å². The molecule has 2 aliphatic rings. The van der Waals surface area contributed by atoms with Gasteiger partial charge in [-0.2, -0.15) is 0 Å². The first-order chi connectivity index (χ1) is 18.9. The molecule has 3 amide bonds. The molecule has 5 rings (SSSR count). The van der Waals surface area contributed by atoms with Crippen molar-refractivity contribution >= 4 is 29.5 Å². The van der Waals surface area contributed by atoms with Gasteiger partial charge in [0.1, 0.15) is 6.04 Å². The van der Waals surface area contributed by atoms with Gasteiger partial charge in [-0.05, 0) is 24.8 Å². The zero-order valence-electron chi connectivity index (χ0n) is 22.1. The number of carbonyl (C=O) groups excluding carboxylic acids is 3. The predicted molar refractivity (Wildman–Crippen MR) is 146 cm³/mol. The molecule has 0 unspecified atom stereocenters. The summed E-state index contributed by atoms with van der Waals surface area (Å²) >= 11 is 1.41. The smallest absolute Gasteiger partial charge is 0.242 e. The molecule has 1 aromatic carbocycles. The number of piperidine rings is 1. The lowest BCUT2D eigenvalue weighted by atomic mass is 9.73. The first-order valence-corrected chi connectivity index (χ1v) is 14.3. The van der Waals surface area contributed by atoms with Gasteiger partial charge in [0.05, 0.1) is 16.9 Å². The van der Waals surface area contributed by atoms with Gasteiger partial charge >= 0.3 is 0 Å². The molecular weight excluding hydrogens is 516 g/mol. The second-order valence-electron chi connectivity index (χ2n) is 10.3. The van der Waals surface area contributed by atoms with Crippen molar-refractivity contribution < 1.29 is 14.4 Å². The third-order valence-electron chi connectivity index (χ3n) is 7.53. The van der Waals surface area contributed by atoms with Crippen LogP contribution in [0.4, 0.5) is 0 Å². The van der Waals surface area contributed by atoms with Gasteiger partial charge in [0.15, 0.2) is 5.16 Å². The topological polar surface area (TPSA) is 127 Å². The van der Waals surface area contributed by atoms with E-state index in [-0.39, 0.29) is 23.5 Å². The number of fused-ring (bicyclic) bond motifs is 2. The molecule has 1 spiro atoms. The highest BCUT2D eigenvalue weighted by Crippen LogP contribution is 2.36. The predicted octanol–water partition coefficient (Wildman–Crippen LogP) is 1.20. The molecule has 2 aliphatic heterocycles. The van der Waals surface area contributed by atoms with Crippen molar-refractivity contribution in [3.05, 3.63) is 60.2 Å². The highest BCUT2D eigenvalue weighted by atomic mass is 32.2. The van der Waals surface area contributed by atoms with Gasteiger partial charge in [0.2, 0.25) is 17.7 Å². The van der Waals surface area contributed by atoms with Crippen molar-refractivity contribution in [2.24, 2.45) is 12.5 Å². The normalized spacial score (nSPS) is 19.9. The van der Waals surface area contributed by atoms with Crippen molar-refractivity contribution in [3.8, 4) is 0 Å². The van der Waals surface area contributed by atoms with Crippen LogP contribution < -0.4 is 10.6 Å². The summed E-state index contributed by atoms with van der Waals surface area (Å²) in [7, 11) is 1.90. The van der Waals surface area contributed by atoms with Crippen molar-refractivity contribution in [2.75, 3.05) is 25.4 Å². The van der Waals surface area contributed by atoms with E-state index < -0.39 is 11.5 Å². The minimum Gasteiger partial charge on any atom is -0.354 e. The van der Waals surface area contributed by atoms with Gasteiger partial charge in [-0.1, -0.05) is 47.3 Å². The SMILES string of the molecule is Cn1ccnc1SCC(=O)N1CCC2(CC1)Cc1cn(nn1)CCCNC(=O)[C@H](Cc1ccccc1)NC2=O. The van der Waals surface area contributed by atoms with Crippen LogP contribution in [-0.2, 0) is 40.8 Å². The lowest BCUT2D eigenvalue weighted by Crippen LogP contribution is -2.56. The van der Waals surface area contributed by atoms with Crippen LogP contribution in [0.15, 0.2) is 54.1 Å². The number of likely N-dealkylation sites (tertiary alicyclic amines) is 1. The lowest BCUT2D eigenvalue weighted by molar-refractivity contribution is -0.141. The second kappa shape index (κ2) is 12.0. The number of benzene rings is 1. The summed E-state index contributed by atoms with van der Waals surface area (Å²) in [4.78, 5) is 46.2. The Balaban J connectivity index is 1.32. The number of hydrogen-bond donors (Lipinski definition) is 2. The zero-order valence-corrected chi connectivity index (χ0v) is 22.9. The molecule has 1 fully saturated rings. The Morgan fingerprint density at radius 2 is 1.95 bits per heavy atom. The number of imidazole rings is 1. The quantitative estimate of drug-likeness (QED) is 0.457. The van der Waals surface area contributed by atoms with Crippen LogP contribution in [0.5, 0.6) is 0 Å². The van der Waals surface area contributed by atoms with Crippen LogP contribution in [0.2, 0.25) is 0 Å². The summed E-state index contributed by atoms with van der Waals surface area (Å²) in [5.74, 6) is -0.0616. The van der Waals surface area contributed by atoms with E-state index in [9.17, 15) is 14.4 Å². The van der Waals surface area contributed by atoms with Gasteiger partial charge in [-0.3, -0.25) is 19.1 Å². The summed E-state index contributed by atoms with van der Waals surface area (Å²) in [6.07, 6.45) is 7.91. The molecule has 0 saturated carbocycles. The van der Waals surface area contributed by atoms with Gasteiger partial charge in [0, 0.05) is 64.7 Å². The first-order valence-electron chi connectivity index (χ1n) is 13.3. The lowest BCUT2D eigenvalue weighted by Gasteiger charge is -2.41. The third-order valence-corrected chi connectivity index (χ3v) is 8.57. The summed E-state index contributed by atoms with van der Waals surface area (Å²) in [6.45, 7) is 2.02. The van der Waals surface area contributed by atoms with E-state index in [0.717, 1.165) is 16.4 Å². The minimum absolute atomic E-state index is 0.0233. The number of aromatic nitrogens is 5. The molecule has 12 heteroatoms. The Morgan fingerprint density at radius 1 is 1.15 bits per heavy atom. The van der Waals surface area contributed by atoms with Crippen molar-refractivity contribution in [2.45, 2.75) is 49.8 Å². The number of aryl methyl sites for hydroxylation is 2. The largest absolute Gasteiger partial charge is 0.354 e. The van der Waals surface area contributed by atoms with Crippen LogP contribution in [0.25, 0.3) is 0 Å². The number of rotatable bonds is 5. The van der Waals surface area contributed by atoms with Gasteiger partial charge in [0.25, 0.3) is 0 Å². The molecule has 0 aliphatic carbocycles. The van der Waals surface area contributed by atoms with Crippen molar-refractivity contribution in [1.29, 1.82) is 0 Å². The average Bonchev–Trinajstić information content (AvgIpc) is 3.57. The van der Waals surface area contributed by atoms with Gasteiger partial charge in [-0.15, -0.1) is 5.10 Å². The molecule has 39 heavy (non-hydrogen) atoms. The van der Waals surface area contributed by atoms with Gasteiger partial charge < -0.3 is 20.1 Å². The molecule has 0 radical (unpaired) electrons. The number of nitrogens with one attached hydrogen (secondary N) is 2. The second-order valence-corrected chi connectivity index (χ2v) is 11.2. The number of nitrogens with zero attached hydrogens (tertiary/aromatic N) is 6. The van der Waals surface area contributed by atoms with Gasteiger partial charge in [-0.25, -0.2) is 4.98 Å². The highest BCUT2D eigenvalue weighted by molar-refractivity contribution is 7.99. The molecule has 206 valence electrons. The molecule has 4 heterocycles.